The van der Waals surface area contributed by atoms with Crippen LogP contribution in [0.3, 0.4) is 0 Å². The monoisotopic (exact) mass is 777 g/mol. The van der Waals surface area contributed by atoms with Crippen molar-refractivity contribution in [1.29, 1.82) is 5.41 Å². The minimum Gasteiger partial charge on any atom is -0.477 e. The fraction of sp³-hybridized carbons (Fsp3) is 0.857. The maximum Gasteiger partial charge on any atom is 0.242 e. The predicted molar refractivity (Wildman–Crippen MR) is 184 cm³/mol. The highest BCUT2D eigenvalue weighted by Crippen LogP contribution is 2.29. The van der Waals surface area contributed by atoms with E-state index in [4.69, 9.17) is 19.6 Å². The van der Waals surface area contributed by atoms with Crippen LogP contribution in [0.25, 0.3) is 0 Å². The summed E-state index contributed by atoms with van der Waals surface area (Å²) >= 11 is 2.99. The first-order valence-corrected chi connectivity index (χ1v) is 19.0. The molecule has 0 aromatic rings. The molecule has 2 rings (SSSR count). The Hall–Kier alpha value is -1.51. The van der Waals surface area contributed by atoms with Gasteiger partial charge in [0, 0.05) is 51.4 Å². The van der Waals surface area contributed by atoms with E-state index in [0.29, 0.717) is 31.8 Å². The molecule has 2 saturated heterocycles. The number of amides is 3. The molecule has 19 nitrogen and oxygen atoms in total. The lowest BCUT2D eigenvalue weighted by Crippen LogP contribution is -2.57. The summed E-state index contributed by atoms with van der Waals surface area (Å²) in [6.07, 6.45) is -10.4. The number of nitrogens with one attached hydrogen (secondary N) is 4. The van der Waals surface area contributed by atoms with E-state index in [1.165, 1.54) is 18.9 Å². The lowest BCUT2D eigenvalue weighted by molar-refractivity contribution is -0.205. The Balaban J connectivity index is 1.81. The van der Waals surface area contributed by atoms with Crippen molar-refractivity contribution in [2.45, 2.75) is 72.5 Å². The molecule has 0 saturated carbocycles. The van der Waals surface area contributed by atoms with E-state index in [0.717, 1.165) is 23.5 Å². The van der Waals surface area contributed by atoms with Crippen molar-refractivity contribution in [3.05, 3.63) is 0 Å². The Morgan fingerprint density at radius 2 is 1.12 bits per heavy atom. The third kappa shape index (κ3) is 15.2. The van der Waals surface area contributed by atoms with Gasteiger partial charge in [-0.1, -0.05) is 11.8 Å². The highest BCUT2D eigenvalue weighted by atomic mass is 32.2. The van der Waals surface area contributed by atoms with E-state index in [9.17, 15) is 55.2 Å². The number of carbonyl (C=O) groups is 3. The molecule has 0 aromatic carbocycles. The molecular weight excluding hydrogens is 727 g/mol. The zero-order valence-electron chi connectivity index (χ0n) is 27.7. The normalized spacial score (nSPS) is 29.7. The summed E-state index contributed by atoms with van der Waals surface area (Å²) in [5.74, 6) is -0.732. The van der Waals surface area contributed by atoms with E-state index in [1.54, 1.807) is 0 Å². The van der Waals surface area contributed by atoms with Crippen molar-refractivity contribution in [3.63, 3.8) is 0 Å². The predicted octanol–water partition coefficient (Wildman–Crippen LogP) is -5.20. The van der Waals surface area contributed by atoms with Crippen LogP contribution in [0.2, 0.25) is 0 Å². The molecule has 0 aromatic heterocycles. The SMILES string of the molecule is COC(=N)SCCCC(=O)NCCN(CCNC(=O)CSC1OC(CO)[C@H](O)[C@H](O)[C@H]1O)CCNC(=O)CSC1OC(CO)[C@H](O)[C@H](O)[C@H]1O. The maximum absolute atomic E-state index is 12.5. The second-order valence-corrected chi connectivity index (χ2v) is 14.6. The van der Waals surface area contributed by atoms with Gasteiger partial charge in [0.1, 0.15) is 59.7 Å². The first-order valence-electron chi connectivity index (χ1n) is 15.9. The molecule has 0 radical (unpaired) electrons. The van der Waals surface area contributed by atoms with Gasteiger partial charge >= 0.3 is 0 Å². The highest BCUT2D eigenvalue weighted by Gasteiger charge is 2.44. The number of rotatable bonds is 21. The Bertz CT molecular complexity index is 996. The average Bonchev–Trinajstić information content (AvgIpc) is 3.10. The molecule has 2 aliphatic heterocycles. The summed E-state index contributed by atoms with van der Waals surface area (Å²) < 4.78 is 15.6. The standard InChI is InChI=1S/C28H51N5O14S3/c1-45-28(29)48-10-2-3-17(36)30-4-7-33(8-5-31-18(37)13-49-26-24(43)22(41)20(39)15(11-34)46-26)9-6-32-19(38)14-50-27-25(44)23(42)21(40)16(12-35)47-27/h15-16,20-27,29,34-35,39-44H,2-14H2,1H3,(H,30,36)(H,31,37)(H,32,38)/t15?,16?,20-,21-,22-,23-,24+,25+,26?,27?/m0/s1. The van der Waals surface area contributed by atoms with Gasteiger partial charge in [-0.15, -0.1) is 23.5 Å². The molecule has 290 valence electrons. The van der Waals surface area contributed by atoms with Crippen molar-refractivity contribution in [3.8, 4) is 0 Å². The first kappa shape index (κ1) is 44.7. The van der Waals surface area contributed by atoms with Crippen LogP contribution >= 0.6 is 35.3 Å². The van der Waals surface area contributed by atoms with Crippen molar-refractivity contribution < 1.29 is 69.4 Å². The lowest BCUT2D eigenvalue weighted by atomic mass is 10.0. The zero-order chi connectivity index (χ0) is 37.2. The molecule has 0 aliphatic carbocycles. The lowest BCUT2D eigenvalue weighted by Gasteiger charge is -2.39. The van der Waals surface area contributed by atoms with Crippen LogP contribution < -0.4 is 16.0 Å². The minimum absolute atomic E-state index is 0.0696. The van der Waals surface area contributed by atoms with Crippen LogP contribution in [0.15, 0.2) is 0 Å². The molecule has 4 unspecified atom stereocenters. The Kier molecular flexibility index (Phi) is 21.4. The fourth-order valence-electron chi connectivity index (χ4n) is 4.77. The van der Waals surface area contributed by atoms with E-state index in [-0.39, 0.29) is 48.7 Å². The van der Waals surface area contributed by atoms with Gasteiger partial charge in [-0.3, -0.25) is 24.7 Å². The van der Waals surface area contributed by atoms with Gasteiger partial charge in [-0.2, -0.15) is 0 Å². The zero-order valence-corrected chi connectivity index (χ0v) is 30.1. The molecule has 10 atom stereocenters. The third-order valence-electron chi connectivity index (χ3n) is 7.67. The first-order chi connectivity index (χ1) is 23.8. The smallest absolute Gasteiger partial charge is 0.242 e. The molecule has 0 spiro atoms. The van der Waals surface area contributed by atoms with Gasteiger partial charge in [-0.05, 0) is 6.42 Å². The topological polar surface area (TPSA) is 304 Å². The Morgan fingerprint density at radius 3 is 1.52 bits per heavy atom. The molecule has 2 heterocycles. The van der Waals surface area contributed by atoms with Gasteiger partial charge < -0.3 is 71.0 Å². The number of nitrogens with zero attached hydrogens (tertiary/aromatic N) is 1. The van der Waals surface area contributed by atoms with Gasteiger partial charge in [0.25, 0.3) is 0 Å². The minimum atomic E-state index is -1.55. The number of thioether (sulfide) groups is 3. The van der Waals surface area contributed by atoms with Gasteiger partial charge in [-0.25, -0.2) is 0 Å². The summed E-state index contributed by atoms with van der Waals surface area (Å²) in [7, 11) is 1.40. The van der Waals surface area contributed by atoms with Gasteiger partial charge in [0.05, 0.1) is 31.8 Å². The van der Waals surface area contributed by atoms with Gasteiger partial charge in [0.15, 0.2) is 0 Å². The summed E-state index contributed by atoms with van der Waals surface area (Å²) in [5.41, 5.74) is -2.10. The summed E-state index contributed by atoms with van der Waals surface area (Å²) in [6, 6.07) is 0. The van der Waals surface area contributed by atoms with E-state index >= 15 is 0 Å². The van der Waals surface area contributed by atoms with E-state index in [2.05, 4.69) is 16.0 Å². The van der Waals surface area contributed by atoms with Crippen LogP contribution in [0.1, 0.15) is 12.8 Å². The quantitative estimate of drug-likeness (QED) is 0.0295. The largest absolute Gasteiger partial charge is 0.477 e. The summed E-state index contributed by atoms with van der Waals surface area (Å²) in [5, 5.41) is 94.6. The molecule has 50 heavy (non-hydrogen) atoms. The number of hydrogen-bond donors (Lipinski definition) is 12. The molecule has 2 fully saturated rings. The fourth-order valence-corrected chi connectivity index (χ4v) is 7.35. The van der Waals surface area contributed by atoms with Crippen molar-refractivity contribution in [2.75, 3.05) is 76.9 Å². The van der Waals surface area contributed by atoms with Crippen LogP contribution in [0.4, 0.5) is 0 Å². The van der Waals surface area contributed by atoms with Crippen molar-refractivity contribution in [1.82, 2.24) is 20.9 Å². The van der Waals surface area contributed by atoms with Crippen LogP contribution in [-0.2, 0) is 28.6 Å². The second-order valence-electron chi connectivity index (χ2n) is 11.4. The third-order valence-corrected chi connectivity index (χ3v) is 10.9. The van der Waals surface area contributed by atoms with Crippen LogP contribution in [-0.4, -0.2) is 205 Å². The number of ether oxygens (including phenoxy) is 3. The molecule has 3 amide bonds. The number of methoxy groups -OCH3 is 1. The summed E-state index contributed by atoms with van der Waals surface area (Å²) in [4.78, 5) is 39.2. The van der Waals surface area contributed by atoms with E-state index in [1.807, 2.05) is 4.90 Å². The molecule has 12 N–H and O–H groups in total. The highest BCUT2D eigenvalue weighted by molar-refractivity contribution is 8.13. The Morgan fingerprint density at radius 1 is 0.700 bits per heavy atom. The summed E-state index contributed by atoms with van der Waals surface area (Å²) in [6.45, 7) is 0.524. The van der Waals surface area contributed by atoms with Crippen LogP contribution in [0.5, 0.6) is 0 Å². The maximum atomic E-state index is 12.5. The van der Waals surface area contributed by atoms with Crippen molar-refractivity contribution in [2.24, 2.45) is 0 Å². The van der Waals surface area contributed by atoms with Crippen LogP contribution in [0, 0.1) is 5.41 Å². The van der Waals surface area contributed by atoms with Gasteiger partial charge in [0.2, 0.25) is 23.0 Å². The Labute approximate surface area is 302 Å². The number of carbonyl (C=O) groups excluding carboxylic acids is 3. The average molecular weight is 778 g/mol. The molecule has 22 heteroatoms. The molecule has 2 aliphatic rings. The number of hydrogen-bond acceptors (Lipinski definition) is 19. The van der Waals surface area contributed by atoms with Crippen molar-refractivity contribution >= 4 is 58.2 Å². The number of aliphatic hydroxyl groups excluding tert-OH is 8. The van der Waals surface area contributed by atoms with E-state index < -0.39 is 84.7 Å². The molecule has 0 bridgehead atoms. The second kappa shape index (κ2) is 23.9. The molecular formula is C28H51N5O14S3. The number of aliphatic hydroxyl groups is 8.